The Morgan fingerprint density at radius 1 is 0.560 bits per heavy atom. The Kier molecular flexibility index (Phi) is 14.4. The highest BCUT2D eigenvalue weighted by Gasteiger charge is 2.23. The van der Waals surface area contributed by atoms with Crippen molar-refractivity contribution in [2.75, 3.05) is 49.8 Å². The molecule has 3 atom stereocenters. The van der Waals surface area contributed by atoms with Crippen LogP contribution in [-0.2, 0) is 0 Å². The maximum atomic E-state index is 2.15. The fraction of sp³-hybridized carbons (Fsp3) is 1.00. The van der Waals surface area contributed by atoms with Gasteiger partial charge in [-0.3, -0.25) is 0 Å². The molecule has 0 aromatic rings. The van der Waals surface area contributed by atoms with Gasteiger partial charge in [0.25, 0.3) is 0 Å². The molecule has 0 N–H and O–H groups in total. The van der Waals surface area contributed by atoms with Crippen LogP contribution < -0.4 is 0 Å². The van der Waals surface area contributed by atoms with E-state index in [2.05, 4.69) is 135 Å². The van der Waals surface area contributed by atoms with Crippen molar-refractivity contribution in [2.24, 2.45) is 0 Å². The van der Waals surface area contributed by atoms with Crippen LogP contribution in [0, 0.1) is 0 Å². The zero-order valence-corrected chi connectivity index (χ0v) is 23.4. The molecule has 3 unspecified atom stereocenters. The molecule has 0 aromatic carbocycles. The lowest BCUT2D eigenvalue weighted by Crippen LogP contribution is -1.93. The topological polar surface area (TPSA) is 0 Å². The van der Waals surface area contributed by atoms with Crippen LogP contribution in [0.15, 0.2) is 0 Å². The van der Waals surface area contributed by atoms with Crippen molar-refractivity contribution < 1.29 is 0 Å². The zero-order chi connectivity index (χ0) is 17.2. The normalized spacial score (nSPS) is 28.1. The van der Waals surface area contributed by atoms with Crippen LogP contribution in [0.2, 0.25) is 0 Å². The van der Waals surface area contributed by atoms with Gasteiger partial charge in [-0.25, -0.2) is 0 Å². The van der Waals surface area contributed by atoms with Crippen LogP contribution >= 0.6 is 135 Å². The standard InChI is InChI=1S/C13H22S12/c1-10(14-1)4-20-23-7-17-13(18-8-24-21-5-11-2-15-11)19-9-25-22-6-12-3-16-12/h10-13H,1-9H2. The van der Waals surface area contributed by atoms with Gasteiger partial charge in [0.05, 0.1) is 19.2 Å². The van der Waals surface area contributed by atoms with E-state index in [9.17, 15) is 0 Å². The van der Waals surface area contributed by atoms with Crippen LogP contribution in [0.4, 0.5) is 0 Å². The molecular weight excluding hydrogens is 541 g/mol. The molecule has 0 radical (unpaired) electrons. The largest absolute Gasteiger partial charge is 0.156 e. The number of rotatable bonds is 18. The SMILES string of the molecule is C(SSCC1CS1)SC(SCSSCC1CS1)SCSSCC1CS1. The molecule has 0 aromatic heterocycles. The fourth-order valence-corrected chi connectivity index (χ4v) is 18.9. The Morgan fingerprint density at radius 3 is 1.16 bits per heavy atom. The minimum Gasteiger partial charge on any atom is -0.156 e. The van der Waals surface area contributed by atoms with E-state index in [1.807, 2.05) is 0 Å². The Labute approximate surface area is 202 Å². The number of hydrogen-bond donors (Lipinski definition) is 0. The molecule has 0 bridgehead atoms. The molecule has 3 heterocycles. The number of hydrogen-bond acceptors (Lipinski definition) is 12. The molecule has 3 aliphatic rings. The Bertz CT molecular complexity index is 294. The third kappa shape index (κ3) is 14.0. The summed E-state index contributed by atoms with van der Waals surface area (Å²) >= 11 is 12.8. The third-order valence-corrected chi connectivity index (χ3v) is 20.0. The van der Waals surface area contributed by atoms with Crippen LogP contribution in [0.1, 0.15) is 0 Å². The van der Waals surface area contributed by atoms with Crippen molar-refractivity contribution in [1.82, 2.24) is 0 Å². The van der Waals surface area contributed by atoms with Gasteiger partial charge in [0.1, 0.15) is 0 Å². The first kappa shape index (κ1) is 23.9. The monoisotopic (exact) mass is 562 g/mol. The van der Waals surface area contributed by atoms with E-state index in [4.69, 9.17) is 0 Å². The number of thioether (sulfide) groups is 6. The van der Waals surface area contributed by atoms with E-state index in [1.54, 1.807) is 0 Å². The Hall–Kier alpha value is 4.20. The zero-order valence-electron chi connectivity index (χ0n) is 13.6. The first-order valence-electron chi connectivity index (χ1n) is 7.83. The van der Waals surface area contributed by atoms with Gasteiger partial charge in [0.2, 0.25) is 0 Å². The lowest BCUT2D eigenvalue weighted by atomic mass is 10.6. The van der Waals surface area contributed by atoms with E-state index in [-0.39, 0.29) is 0 Å². The van der Waals surface area contributed by atoms with Gasteiger partial charge < -0.3 is 0 Å². The summed E-state index contributed by atoms with van der Waals surface area (Å²) in [7, 11) is 12.5. The molecule has 25 heavy (non-hydrogen) atoms. The molecule has 3 saturated heterocycles. The first-order chi connectivity index (χ1) is 12.4. The van der Waals surface area contributed by atoms with E-state index < -0.39 is 0 Å². The summed E-state index contributed by atoms with van der Waals surface area (Å²) in [4.78, 5) is 0. The van der Waals surface area contributed by atoms with Crippen molar-refractivity contribution in [3.05, 3.63) is 0 Å². The molecule has 3 fully saturated rings. The average Bonchev–Trinajstić information content (AvgIpc) is 3.47. The van der Waals surface area contributed by atoms with Gasteiger partial charge in [-0.15, -0.1) is 35.3 Å². The van der Waals surface area contributed by atoms with Crippen molar-refractivity contribution >= 4 is 135 Å². The maximum absolute atomic E-state index is 2.15. The van der Waals surface area contributed by atoms with Gasteiger partial charge in [-0.2, -0.15) is 35.3 Å². The maximum Gasteiger partial charge on any atom is 0.0981 e. The summed E-state index contributed by atoms with van der Waals surface area (Å²) in [5.41, 5.74) is 0. The molecule has 0 saturated carbocycles. The van der Waals surface area contributed by atoms with Crippen molar-refractivity contribution in [3.8, 4) is 0 Å². The van der Waals surface area contributed by atoms with Gasteiger partial charge in [0, 0.05) is 50.3 Å². The second kappa shape index (κ2) is 15.1. The molecular formula is C13H22S12. The summed E-state index contributed by atoms with van der Waals surface area (Å²) in [6.07, 6.45) is 0. The lowest BCUT2D eigenvalue weighted by Gasteiger charge is -2.15. The summed E-state index contributed by atoms with van der Waals surface area (Å²) in [6, 6.07) is 0. The van der Waals surface area contributed by atoms with E-state index >= 15 is 0 Å². The van der Waals surface area contributed by atoms with Crippen LogP contribution in [0.5, 0.6) is 0 Å². The third-order valence-electron chi connectivity index (χ3n) is 2.98. The quantitative estimate of drug-likeness (QED) is 0.0691. The highest BCUT2D eigenvalue weighted by molar-refractivity contribution is 8.79. The predicted octanol–water partition coefficient (Wildman–Crippen LogP) is 7.83. The molecule has 0 aliphatic carbocycles. The fourth-order valence-electron chi connectivity index (χ4n) is 1.36. The molecule has 0 spiro atoms. The summed E-state index contributed by atoms with van der Waals surface area (Å²) in [5, 5.41) is 6.62. The van der Waals surface area contributed by atoms with Gasteiger partial charge >= 0.3 is 0 Å². The molecule has 0 amide bonds. The van der Waals surface area contributed by atoms with Crippen molar-refractivity contribution in [2.45, 2.75) is 19.7 Å². The average molecular weight is 563 g/mol. The van der Waals surface area contributed by atoms with Gasteiger partial charge in [-0.1, -0.05) is 64.8 Å². The summed E-state index contributed by atoms with van der Waals surface area (Å²) in [5.74, 6) is 8.24. The van der Waals surface area contributed by atoms with Gasteiger partial charge in [-0.05, 0) is 0 Å². The minimum atomic E-state index is 0.704. The Balaban J connectivity index is 1.19. The lowest BCUT2D eigenvalue weighted by molar-refractivity contribution is 1.28. The van der Waals surface area contributed by atoms with E-state index in [1.165, 1.54) is 49.8 Å². The summed E-state index contributed by atoms with van der Waals surface area (Å²) < 4.78 is 0.704. The highest BCUT2D eigenvalue weighted by atomic mass is 33.1. The smallest absolute Gasteiger partial charge is 0.0981 e. The molecule has 146 valence electrons. The van der Waals surface area contributed by atoms with Crippen LogP contribution in [0.25, 0.3) is 0 Å². The van der Waals surface area contributed by atoms with E-state index in [0.717, 1.165) is 15.7 Å². The minimum absolute atomic E-state index is 0.704. The van der Waals surface area contributed by atoms with E-state index in [0.29, 0.717) is 3.91 Å². The van der Waals surface area contributed by atoms with Crippen LogP contribution in [-0.4, -0.2) is 69.4 Å². The predicted molar refractivity (Wildman–Crippen MR) is 150 cm³/mol. The molecule has 12 heteroatoms. The van der Waals surface area contributed by atoms with Crippen LogP contribution in [0.3, 0.4) is 0 Å². The molecule has 3 aliphatic heterocycles. The van der Waals surface area contributed by atoms with Crippen molar-refractivity contribution in [1.29, 1.82) is 0 Å². The second-order valence-corrected chi connectivity index (χ2v) is 22.0. The second-order valence-electron chi connectivity index (χ2n) is 5.22. The summed E-state index contributed by atoms with van der Waals surface area (Å²) in [6.45, 7) is 0. The van der Waals surface area contributed by atoms with Crippen molar-refractivity contribution in [3.63, 3.8) is 0 Å². The highest BCUT2D eigenvalue weighted by Crippen LogP contribution is 2.45. The molecule has 3 rings (SSSR count). The first-order valence-corrected chi connectivity index (χ1v) is 21.6. The Morgan fingerprint density at radius 2 is 0.880 bits per heavy atom. The van der Waals surface area contributed by atoms with Gasteiger partial charge in [0.15, 0.2) is 0 Å². The molecule has 0 nitrogen and oxygen atoms in total.